The second-order valence-electron chi connectivity index (χ2n) is 4.18. The molecule has 4 nitrogen and oxygen atoms in total. The summed E-state index contributed by atoms with van der Waals surface area (Å²) in [6.07, 6.45) is 0. The van der Waals surface area contributed by atoms with Gasteiger partial charge in [-0.2, -0.15) is 0 Å². The van der Waals surface area contributed by atoms with Gasteiger partial charge in [0.2, 0.25) is 0 Å². The fourth-order valence-corrected chi connectivity index (χ4v) is 2.86. The van der Waals surface area contributed by atoms with Crippen molar-refractivity contribution in [2.45, 2.75) is 6.92 Å². The Morgan fingerprint density at radius 1 is 1.21 bits per heavy atom. The molecule has 0 atom stereocenters. The summed E-state index contributed by atoms with van der Waals surface area (Å²) in [5.41, 5.74) is 12.2. The lowest BCUT2D eigenvalue weighted by Gasteiger charge is -2.01. The van der Waals surface area contributed by atoms with E-state index in [2.05, 4.69) is 21.1 Å². The first-order valence-corrected chi connectivity index (χ1v) is 6.61. The van der Waals surface area contributed by atoms with Gasteiger partial charge in [0.1, 0.15) is 5.01 Å². The number of hydrogen-bond acceptors (Lipinski definition) is 3. The molecular weight excluding hydrogens is 256 g/mol. The lowest BCUT2D eigenvalue weighted by Crippen LogP contribution is -1.78. The van der Waals surface area contributed by atoms with Gasteiger partial charge in [0.05, 0.1) is 10.2 Å². The summed E-state index contributed by atoms with van der Waals surface area (Å²) >= 11 is 1.64. The average molecular weight is 266 g/mol. The summed E-state index contributed by atoms with van der Waals surface area (Å²) in [6, 6.07) is 13.9. The first-order chi connectivity index (χ1) is 9.28. The summed E-state index contributed by atoms with van der Waals surface area (Å²) in [7, 11) is 0. The van der Waals surface area contributed by atoms with Crippen LogP contribution in [0.4, 0.5) is 5.69 Å². The maximum absolute atomic E-state index is 8.57. The highest BCUT2D eigenvalue weighted by Crippen LogP contribution is 2.33. The Balaban J connectivity index is 2.15. The normalized spacial score (nSPS) is 10.4. The SMILES string of the molecule is Cc1ccc(-c2nc3ccccc3s2)cc1N=[N+]=[N-]. The summed E-state index contributed by atoms with van der Waals surface area (Å²) in [5.74, 6) is 0. The summed E-state index contributed by atoms with van der Waals surface area (Å²) < 4.78 is 1.16. The molecule has 19 heavy (non-hydrogen) atoms. The molecule has 0 aliphatic rings. The maximum Gasteiger partial charge on any atom is 0.124 e. The smallest absolute Gasteiger partial charge is 0.124 e. The average Bonchev–Trinajstić information content (AvgIpc) is 2.85. The van der Waals surface area contributed by atoms with Crippen molar-refractivity contribution in [3.8, 4) is 10.6 Å². The zero-order valence-corrected chi connectivity index (χ0v) is 11.1. The van der Waals surface area contributed by atoms with Crippen LogP contribution in [-0.4, -0.2) is 4.98 Å². The van der Waals surface area contributed by atoms with Crippen molar-refractivity contribution < 1.29 is 0 Å². The van der Waals surface area contributed by atoms with Crippen molar-refractivity contribution in [1.29, 1.82) is 0 Å². The summed E-state index contributed by atoms with van der Waals surface area (Å²) in [5, 5.41) is 4.64. The predicted octanol–water partition coefficient (Wildman–Crippen LogP) is 5.21. The topological polar surface area (TPSA) is 61.7 Å². The van der Waals surface area contributed by atoms with Crippen LogP contribution in [0.5, 0.6) is 0 Å². The van der Waals surface area contributed by atoms with E-state index in [1.54, 1.807) is 11.3 Å². The number of thiazole rings is 1. The van der Waals surface area contributed by atoms with Gasteiger partial charge in [-0.1, -0.05) is 29.4 Å². The van der Waals surface area contributed by atoms with Crippen LogP contribution in [-0.2, 0) is 0 Å². The molecule has 3 rings (SSSR count). The number of azide groups is 1. The Kier molecular flexibility index (Phi) is 2.91. The van der Waals surface area contributed by atoms with E-state index in [-0.39, 0.29) is 0 Å². The van der Waals surface area contributed by atoms with Gasteiger partial charge in [0.25, 0.3) is 0 Å². The number of hydrogen-bond donors (Lipinski definition) is 0. The molecule has 92 valence electrons. The van der Waals surface area contributed by atoms with Crippen molar-refractivity contribution in [2.24, 2.45) is 5.11 Å². The highest BCUT2D eigenvalue weighted by molar-refractivity contribution is 7.21. The van der Waals surface area contributed by atoms with E-state index in [9.17, 15) is 0 Å². The van der Waals surface area contributed by atoms with Crippen LogP contribution in [0.1, 0.15) is 5.56 Å². The number of aryl methyl sites for hydroxylation is 1. The number of aromatic nitrogens is 1. The third-order valence-electron chi connectivity index (χ3n) is 2.90. The standard InChI is InChI=1S/C14H10N4S/c1-9-6-7-10(8-12(9)17-18-15)14-16-11-4-2-3-5-13(11)19-14/h2-8H,1H3. The van der Waals surface area contributed by atoms with Crippen molar-refractivity contribution in [3.63, 3.8) is 0 Å². The van der Waals surface area contributed by atoms with Gasteiger partial charge >= 0.3 is 0 Å². The molecule has 0 aliphatic carbocycles. The summed E-state index contributed by atoms with van der Waals surface area (Å²) in [6.45, 7) is 1.92. The van der Waals surface area contributed by atoms with E-state index in [1.165, 1.54) is 0 Å². The van der Waals surface area contributed by atoms with Crippen LogP contribution in [0.3, 0.4) is 0 Å². The monoisotopic (exact) mass is 266 g/mol. The highest BCUT2D eigenvalue weighted by atomic mass is 32.1. The molecule has 0 aliphatic heterocycles. The van der Waals surface area contributed by atoms with Crippen LogP contribution >= 0.6 is 11.3 Å². The minimum Gasteiger partial charge on any atom is -0.236 e. The molecule has 1 aromatic heterocycles. The minimum absolute atomic E-state index is 0.652. The van der Waals surface area contributed by atoms with Gasteiger partial charge in [-0.3, -0.25) is 0 Å². The first kappa shape index (κ1) is 11.7. The molecule has 0 saturated carbocycles. The highest BCUT2D eigenvalue weighted by Gasteiger charge is 2.07. The fourth-order valence-electron chi connectivity index (χ4n) is 1.89. The van der Waals surface area contributed by atoms with E-state index >= 15 is 0 Å². The van der Waals surface area contributed by atoms with Crippen LogP contribution in [0, 0.1) is 6.92 Å². The van der Waals surface area contributed by atoms with Gasteiger partial charge in [-0.15, -0.1) is 11.3 Å². The van der Waals surface area contributed by atoms with Crippen LogP contribution in [0.15, 0.2) is 47.6 Å². The van der Waals surface area contributed by atoms with Gasteiger partial charge in [-0.25, -0.2) is 4.98 Å². The first-order valence-electron chi connectivity index (χ1n) is 5.79. The number of fused-ring (bicyclic) bond motifs is 1. The number of para-hydroxylation sites is 1. The lowest BCUT2D eigenvalue weighted by atomic mass is 10.1. The Morgan fingerprint density at radius 2 is 2.05 bits per heavy atom. The van der Waals surface area contributed by atoms with E-state index in [0.29, 0.717) is 5.69 Å². The Hall–Kier alpha value is -2.36. The molecule has 0 spiro atoms. The number of benzene rings is 2. The van der Waals surface area contributed by atoms with Crippen LogP contribution in [0.2, 0.25) is 0 Å². The van der Waals surface area contributed by atoms with E-state index in [0.717, 1.165) is 26.4 Å². The van der Waals surface area contributed by atoms with Gasteiger partial charge < -0.3 is 0 Å². The van der Waals surface area contributed by atoms with Gasteiger partial charge in [0, 0.05) is 16.2 Å². The molecule has 0 unspecified atom stereocenters. The minimum atomic E-state index is 0.652. The second kappa shape index (κ2) is 4.72. The van der Waals surface area contributed by atoms with Crippen molar-refractivity contribution in [2.75, 3.05) is 0 Å². The van der Waals surface area contributed by atoms with Gasteiger partial charge in [-0.05, 0) is 36.2 Å². The fraction of sp³-hybridized carbons (Fsp3) is 0.0714. The summed E-state index contributed by atoms with van der Waals surface area (Å²) in [4.78, 5) is 7.45. The number of nitrogens with zero attached hydrogens (tertiary/aromatic N) is 4. The molecule has 0 radical (unpaired) electrons. The van der Waals surface area contributed by atoms with Crippen molar-refractivity contribution in [1.82, 2.24) is 4.98 Å². The largest absolute Gasteiger partial charge is 0.236 e. The van der Waals surface area contributed by atoms with E-state index in [1.807, 2.05) is 43.3 Å². The van der Waals surface area contributed by atoms with Crippen LogP contribution in [0.25, 0.3) is 31.2 Å². The molecule has 2 aromatic carbocycles. The van der Waals surface area contributed by atoms with Crippen molar-refractivity contribution >= 4 is 27.2 Å². The Morgan fingerprint density at radius 3 is 2.84 bits per heavy atom. The third kappa shape index (κ3) is 2.17. The Bertz CT molecular complexity index is 767. The number of rotatable bonds is 2. The molecule has 0 fully saturated rings. The van der Waals surface area contributed by atoms with E-state index < -0.39 is 0 Å². The van der Waals surface area contributed by atoms with Gasteiger partial charge in [0.15, 0.2) is 0 Å². The molecule has 3 aromatic rings. The molecule has 5 heteroatoms. The Labute approximate surface area is 114 Å². The zero-order chi connectivity index (χ0) is 13.2. The molecule has 0 N–H and O–H groups in total. The van der Waals surface area contributed by atoms with E-state index in [4.69, 9.17) is 5.53 Å². The van der Waals surface area contributed by atoms with Crippen LogP contribution < -0.4 is 0 Å². The predicted molar refractivity (Wildman–Crippen MR) is 78.6 cm³/mol. The maximum atomic E-state index is 8.57. The zero-order valence-electron chi connectivity index (χ0n) is 10.2. The van der Waals surface area contributed by atoms with Crippen molar-refractivity contribution in [3.05, 3.63) is 58.5 Å². The lowest BCUT2D eigenvalue weighted by molar-refractivity contribution is 1.37. The quantitative estimate of drug-likeness (QED) is 0.356. The molecular formula is C14H10N4S. The molecule has 0 amide bonds. The molecule has 0 saturated heterocycles. The third-order valence-corrected chi connectivity index (χ3v) is 3.99. The second-order valence-corrected chi connectivity index (χ2v) is 5.21. The molecule has 1 heterocycles. The molecule has 0 bridgehead atoms.